The van der Waals surface area contributed by atoms with Gasteiger partial charge in [-0.3, -0.25) is 4.79 Å². The Morgan fingerprint density at radius 2 is 2.12 bits per heavy atom. The zero-order chi connectivity index (χ0) is 12.3. The van der Waals surface area contributed by atoms with Gasteiger partial charge in [0.1, 0.15) is 6.61 Å². The monoisotopic (exact) mass is 297 g/mol. The first-order valence-corrected chi connectivity index (χ1v) is 6.58. The molecule has 1 saturated carbocycles. The number of rotatable bonds is 4. The van der Waals surface area contributed by atoms with Crippen molar-refractivity contribution in [1.29, 1.82) is 0 Å². The van der Waals surface area contributed by atoms with Crippen LogP contribution in [0.15, 0.2) is 28.7 Å². The molecule has 3 nitrogen and oxygen atoms in total. The molecule has 0 saturated heterocycles. The van der Waals surface area contributed by atoms with E-state index < -0.39 is 5.41 Å². The number of hydrogen-bond donors (Lipinski definition) is 1. The fourth-order valence-corrected chi connectivity index (χ4v) is 2.41. The number of carbonyl (C=O) groups is 1. The Hall–Kier alpha value is -0.870. The molecule has 1 aliphatic rings. The molecule has 0 radical (unpaired) electrons. The van der Waals surface area contributed by atoms with Gasteiger partial charge < -0.3 is 10.5 Å². The maximum absolute atomic E-state index is 11.9. The van der Waals surface area contributed by atoms with Crippen molar-refractivity contribution in [1.82, 2.24) is 0 Å². The van der Waals surface area contributed by atoms with Crippen LogP contribution in [0.2, 0.25) is 0 Å². The maximum Gasteiger partial charge on any atom is 0.313 e. The molecule has 92 valence electrons. The van der Waals surface area contributed by atoms with Gasteiger partial charge in [-0.05, 0) is 18.9 Å². The molecule has 4 heteroatoms. The Bertz CT molecular complexity index is 410. The molecule has 0 aliphatic heterocycles. The smallest absolute Gasteiger partial charge is 0.313 e. The van der Waals surface area contributed by atoms with E-state index in [0.717, 1.165) is 29.3 Å². The second-order valence-corrected chi connectivity index (χ2v) is 5.36. The molecule has 0 unspecified atom stereocenters. The van der Waals surface area contributed by atoms with Crippen molar-refractivity contribution in [2.24, 2.45) is 11.1 Å². The SMILES string of the molecule is NCC1(C(=O)OCc2ccccc2Br)CCC1. The molecule has 0 atom stereocenters. The van der Waals surface area contributed by atoms with Crippen molar-refractivity contribution in [2.75, 3.05) is 6.54 Å². The number of hydrogen-bond acceptors (Lipinski definition) is 3. The van der Waals surface area contributed by atoms with Crippen LogP contribution in [0.25, 0.3) is 0 Å². The summed E-state index contributed by atoms with van der Waals surface area (Å²) in [4.78, 5) is 11.9. The van der Waals surface area contributed by atoms with E-state index in [9.17, 15) is 4.79 Å². The summed E-state index contributed by atoms with van der Waals surface area (Å²) in [6.07, 6.45) is 2.79. The van der Waals surface area contributed by atoms with Gasteiger partial charge in [-0.2, -0.15) is 0 Å². The first-order chi connectivity index (χ1) is 8.18. The lowest BCUT2D eigenvalue weighted by Crippen LogP contribution is -2.45. The Morgan fingerprint density at radius 1 is 1.41 bits per heavy atom. The first-order valence-electron chi connectivity index (χ1n) is 5.79. The van der Waals surface area contributed by atoms with Crippen molar-refractivity contribution < 1.29 is 9.53 Å². The van der Waals surface area contributed by atoms with Gasteiger partial charge in [-0.25, -0.2) is 0 Å². The molecule has 2 N–H and O–H groups in total. The van der Waals surface area contributed by atoms with E-state index in [1.807, 2.05) is 24.3 Å². The van der Waals surface area contributed by atoms with Gasteiger partial charge in [-0.1, -0.05) is 40.5 Å². The van der Waals surface area contributed by atoms with E-state index >= 15 is 0 Å². The van der Waals surface area contributed by atoms with Crippen LogP contribution in [0, 0.1) is 5.41 Å². The Morgan fingerprint density at radius 3 is 2.65 bits per heavy atom. The van der Waals surface area contributed by atoms with Gasteiger partial charge >= 0.3 is 5.97 Å². The Balaban J connectivity index is 1.95. The van der Waals surface area contributed by atoms with Crippen LogP contribution < -0.4 is 5.73 Å². The molecule has 0 amide bonds. The molecule has 1 aliphatic carbocycles. The number of nitrogens with two attached hydrogens (primary N) is 1. The minimum Gasteiger partial charge on any atom is -0.460 e. The fraction of sp³-hybridized carbons (Fsp3) is 0.462. The lowest BCUT2D eigenvalue weighted by molar-refractivity contribution is -0.162. The summed E-state index contributed by atoms with van der Waals surface area (Å²) in [7, 11) is 0. The minimum atomic E-state index is -0.402. The molecule has 2 rings (SSSR count). The van der Waals surface area contributed by atoms with E-state index in [1.54, 1.807) is 0 Å². The van der Waals surface area contributed by atoms with E-state index in [2.05, 4.69) is 15.9 Å². The summed E-state index contributed by atoms with van der Waals surface area (Å²) >= 11 is 3.43. The van der Waals surface area contributed by atoms with Gasteiger partial charge in [-0.15, -0.1) is 0 Å². The zero-order valence-corrected chi connectivity index (χ0v) is 11.2. The van der Waals surface area contributed by atoms with Gasteiger partial charge in [0.05, 0.1) is 5.41 Å². The number of benzene rings is 1. The van der Waals surface area contributed by atoms with Gasteiger partial charge in [0.2, 0.25) is 0 Å². The minimum absolute atomic E-state index is 0.151. The van der Waals surface area contributed by atoms with Gasteiger partial charge in [0.25, 0.3) is 0 Å². The second-order valence-electron chi connectivity index (χ2n) is 4.51. The Labute approximate surface area is 109 Å². The highest BCUT2D eigenvalue weighted by atomic mass is 79.9. The number of esters is 1. The molecular weight excluding hydrogens is 282 g/mol. The third-order valence-corrected chi connectivity index (χ3v) is 4.22. The zero-order valence-electron chi connectivity index (χ0n) is 9.62. The average molecular weight is 298 g/mol. The molecule has 0 heterocycles. The Kier molecular flexibility index (Phi) is 3.84. The molecule has 1 fully saturated rings. The lowest BCUT2D eigenvalue weighted by atomic mass is 9.69. The summed E-state index contributed by atoms with van der Waals surface area (Å²) in [5.74, 6) is -0.151. The molecule has 0 bridgehead atoms. The van der Waals surface area contributed by atoms with Crippen molar-refractivity contribution in [3.05, 3.63) is 34.3 Å². The molecule has 0 aromatic heterocycles. The van der Waals surface area contributed by atoms with Crippen LogP contribution in [-0.4, -0.2) is 12.5 Å². The maximum atomic E-state index is 11.9. The number of carbonyl (C=O) groups excluding carboxylic acids is 1. The molecular formula is C13H16BrNO2. The van der Waals surface area contributed by atoms with E-state index in [4.69, 9.17) is 10.5 Å². The molecule has 0 spiro atoms. The number of halogens is 1. The highest BCUT2D eigenvalue weighted by Gasteiger charge is 2.44. The fourth-order valence-electron chi connectivity index (χ4n) is 2.01. The van der Waals surface area contributed by atoms with Gasteiger partial charge in [0, 0.05) is 16.6 Å². The van der Waals surface area contributed by atoms with Crippen LogP contribution in [0.3, 0.4) is 0 Å². The summed E-state index contributed by atoms with van der Waals surface area (Å²) < 4.78 is 6.32. The van der Waals surface area contributed by atoms with Crippen LogP contribution >= 0.6 is 15.9 Å². The van der Waals surface area contributed by atoms with Crippen LogP contribution in [-0.2, 0) is 16.1 Å². The molecule has 1 aromatic carbocycles. The largest absolute Gasteiger partial charge is 0.460 e. The second kappa shape index (κ2) is 5.19. The molecule has 17 heavy (non-hydrogen) atoms. The van der Waals surface area contributed by atoms with E-state index in [-0.39, 0.29) is 5.97 Å². The van der Waals surface area contributed by atoms with Crippen LogP contribution in [0.5, 0.6) is 0 Å². The average Bonchev–Trinajstić information content (AvgIpc) is 2.27. The van der Waals surface area contributed by atoms with Crippen molar-refractivity contribution in [3.63, 3.8) is 0 Å². The number of ether oxygens (including phenoxy) is 1. The normalized spacial score (nSPS) is 17.3. The summed E-state index contributed by atoms with van der Waals surface area (Å²) in [5, 5.41) is 0. The highest BCUT2D eigenvalue weighted by molar-refractivity contribution is 9.10. The highest BCUT2D eigenvalue weighted by Crippen LogP contribution is 2.41. The summed E-state index contributed by atoms with van der Waals surface area (Å²) in [5.41, 5.74) is 6.24. The third kappa shape index (κ3) is 2.53. The van der Waals surface area contributed by atoms with E-state index in [0.29, 0.717) is 13.2 Å². The summed E-state index contributed by atoms with van der Waals surface area (Å²) in [6, 6.07) is 7.73. The predicted octanol–water partition coefficient (Wildman–Crippen LogP) is 2.62. The molecule has 1 aromatic rings. The van der Waals surface area contributed by atoms with Crippen molar-refractivity contribution in [2.45, 2.75) is 25.9 Å². The predicted molar refractivity (Wildman–Crippen MR) is 69.3 cm³/mol. The van der Waals surface area contributed by atoms with Crippen LogP contribution in [0.1, 0.15) is 24.8 Å². The quantitative estimate of drug-likeness (QED) is 0.869. The van der Waals surface area contributed by atoms with Crippen molar-refractivity contribution in [3.8, 4) is 0 Å². The third-order valence-electron chi connectivity index (χ3n) is 3.45. The first kappa shape index (κ1) is 12.6. The van der Waals surface area contributed by atoms with Crippen molar-refractivity contribution >= 4 is 21.9 Å². The van der Waals surface area contributed by atoms with Gasteiger partial charge in [0.15, 0.2) is 0 Å². The topological polar surface area (TPSA) is 52.3 Å². The standard InChI is InChI=1S/C13H16BrNO2/c14-11-5-2-1-4-10(11)8-17-12(16)13(9-15)6-3-7-13/h1-2,4-5H,3,6-9,15H2. The van der Waals surface area contributed by atoms with E-state index in [1.165, 1.54) is 0 Å². The van der Waals surface area contributed by atoms with Crippen LogP contribution in [0.4, 0.5) is 0 Å². The lowest BCUT2D eigenvalue weighted by Gasteiger charge is -2.37. The summed E-state index contributed by atoms with van der Waals surface area (Å²) in [6.45, 7) is 0.698.